The summed E-state index contributed by atoms with van der Waals surface area (Å²) in [7, 11) is 0. The fourth-order valence-electron chi connectivity index (χ4n) is 2.92. The summed E-state index contributed by atoms with van der Waals surface area (Å²) >= 11 is 12.4. The summed E-state index contributed by atoms with van der Waals surface area (Å²) in [6, 6.07) is 12.6. The number of aliphatic hydroxyl groups is 1. The zero-order valence-corrected chi connectivity index (χ0v) is 19.3. The monoisotopic (exact) mass is 492 g/mol. The molecule has 0 spiro atoms. The summed E-state index contributed by atoms with van der Waals surface area (Å²) < 4.78 is 5.03. The molecule has 2 aromatic carbocycles. The fraction of sp³-hybridized carbons (Fsp3) is 0.286. The van der Waals surface area contributed by atoms with Gasteiger partial charge in [0.2, 0.25) is 0 Å². The van der Waals surface area contributed by atoms with Crippen LogP contribution in [0.3, 0.4) is 0 Å². The van der Waals surface area contributed by atoms with E-state index in [0.29, 0.717) is 10.0 Å². The van der Waals surface area contributed by atoms with Crippen LogP contribution < -0.4 is 5.43 Å². The predicted octanol–water partition coefficient (Wildman–Crippen LogP) is 2.63. The van der Waals surface area contributed by atoms with Crippen molar-refractivity contribution < 1.29 is 19.4 Å². The Morgan fingerprint density at radius 1 is 1.18 bits per heavy atom. The van der Waals surface area contributed by atoms with Gasteiger partial charge in [0, 0.05) is 22.2 Å². The van der Waals surface area contributed by atoms with E-state index in [1.54, 1.807) is 32.0 Å². The van der Waals surface area contributed by atoms with Gasteiger partial charge in [-0.1, -0.05) is 47.5 Å². The highest BCUT2D eigenvalue weighted by Crippen LogP contribution is 2.30. The maximum Gasteiger partial charge on any atom is 0.336 e. The number of nitrogens with zero attached hydrogens (tertiary/aromatic N) is 4. The summed E-state index contributed by atoms with van der Waals surface area (Å²) in [6.45, 7) is 3.29. The number of amides is 1. The Kier molecular flexibility index (Phi) is 8.34. The van der Waals surface area contributed by atoms with Crippen molar-refractivity contribution in [1.29, 1.82) is 0 Å². The van der Waals surface area contributed by atoms with Crippen molar-refractivity contribution >= 4 is 35.1 Å². The molecule has 3 N–H and O–H groups in total. The average molecular weight is 493 g/mol. The first-order valence-electron chi connectivity index (χ1n) is 9.95. The lowest BCUT2D eigenvalue weighted by molar-refractivity contribution is -0.158. The Bertz CT molecular complexity index is 1090. The Hall–Kier alpha value is -3.05. The number of esters is 1. The van der Waals surface area contributed by atoms with Crippen LogP contribution in [-0.2, 0) is 16.1 Å². The van der Waals surface area contributed by atoms with E-state index >= 15 is 0 Å². The second-order valence-electron chi connectivity index (χ2n) is 7.38. The largest absolute Gasteiger partial charge is 0.461 e. The minimum Gasteiger partial charge on any atom is -0.461 e. The Labute approximate surface area is 199 Å². The minimum atomic E-state index is -1.48. The Morgan fingerprint density at radius 3 is 2.55 bits per heavy atom. The first kappa shape index (κ1) is 24.6. The van der Waals surface area contributed by atoms with E-state index in [4.69, 9.17) is 27.9 Å². The molecule has 0 saturated carbocycles. The molecule has 0 aliphatic heterocycles. The smallest absolute Gasteiger partial charge is 0.336 e. The zero-order valence-electron chi connectivity index (χ0n) is 17.8. The lowest BCUT2D eigenvalue weighted by atomic mass is 10.0. The molecule has 0 aliphatic carbocycles. The van der Waals surface area contributed by atoms with E-state index in [2.05, 4.69) is 26.0 Å². The number of hydrogen-bond donors (Lipinski definition) is 3. The van der Waals surface area contributed by atoms with Crippen LogP contribution in [0.25, 0.3) is 11.1 Å². The van der Waals surface area contributed by atoms with Crippen LogP contribution in [-0.4, -0.2) is 61.4 Å². The van der Waals surface area contributed by atoms with Gasteiger partial charge in [-0.15, -0.1) is 10.2 Å². The molecule has 3 rings (SSSR count). The SMILES string of the molecule is CC(C)OC(=O)[C@H](O)CN(Cc1ccc(-c2cc(Cl)ccc2Cl)cc1)NC(=O)c1nn[nH]n1. The molecule has 10 nitrogen and oxygen atoms in total. The van der Waals surface area contributed by atoms with Crippen LogP contribution in [0.5, 0.6) is 0 Å². The minimum absolute atomic E-state index is 0.166. The second kappa shape index (κ2) is 11.2. The topological polar surface area (TPSA) is 133 Å². The first-order chi connectivity index (χ1) is 15.7. The van der Waals surface area contributed by atoms with Gasteiger partial charge in [0.05, 0.1) is 12.6 Å². The van der Waals surface area contributed by atoms with Crippen molar-refractivity contribution in [3.05, 3.63) is 63.9 Å². The van der Waals surface area contributed by atoms with Crippen molar-refractivity contribution in [2.45, 2.75) is 32.6 Å². The van der Waals surface area contributed by atoms with Crippen molar-refractivity contribution in [3.8, 4) is 11.1 Å². The molecule has 0 bridgehead atoms. The standard InChI is InChI=1S/C21H22Cl2N6O4/c1-12(2)33-21(32)18(30)11-29(26-20(31)19-24-27-28-25-19)10-13-3-5-14(6-4-13)16-9-15(22)7-8-17(16)23/h3-9,12,18,30H,10-11H2,1-2H3,(H,26,31)(H,24,25,27,28)/t18-/m1/s1. The molecule has 174 valence electrons. The number of H-pyrrole nitrogens is 1. The lowest BCUT2D eigenvalue weighted by Crippen LogP contribution is -2.48. The number of aliphatic hydroxyl groups excluding tert-OH is 1. The van der Waals surface area contributed by atoms with E-state index in [9.17, 15) is 14.7 Å². The molecule has 0 aliphatic rings. The highest BCUT2D eigenvalue weighted by molar-refractivity contribution is 6.35. The Morgan fingerprint density at radius 2 is 1.91 bits per heavy atom. The maximum atomic E-state index is 12.4. The second-order valence-corrected chi connectivity index (χ2v) is 8.22. The number of rotatable bonds is 9. The fourth-order valence-corrected chi connectivity index (χ4v) is 3.32. The van der Waals surface area contributed by atoms with Crippen molar-refractivity contribution in [3.63, 3.8) is 0 Å². The van der Waals surface area contributed by atoms with E-state index in [1.807, 2.05) is 24.3 Å². The number of halogens is 2. The summed E-state index contributed by atoms with van der Waals surface area (Å²) in [5, 5.41) is 25.6. The third-order valence-electron chi connectivity index (χ3n) is 4.39. The third-order valence-corrected chi connectivity index (χ3v) is 4.96. The molecular weight excluding hydrogens is 471 g/mol. The first-order valence-corrected chi connectivity index (χ1v) is 10.7. The summed E-state index contributed by atoms with van der Waals surface area (Å²) in [4.78, 5) is 24.4. The molecule has 0 radical (unpaired) electrons. The third kappa shape index (κ3) is 6.96. The van der Waals surface area contributed by atoms with Gasteiger partial charge in [0.15, 0.2) is 6.10 Å². The summed E-state index contributed by atoms with van der Waals surface area (Å²) in [5.41, 5.74) is 5.00. The van der Waals surface area contributed by atoms with Crippen LogP contribution >= 0.6 is 23.2 Å². The highest BCUT2D eigenvalue weighted by atomic mass is 35.5. The van der Waals surface area contributed by atoms with Crippen molar-refractivity contribution in [1.82, 2.24) is 31.1 Å². The molecule has 12 heteroatoms. The average Bonchev–Trinajstić information content (AvgIpc) is 3.30. The summed E-state index contributed by atoms with van der Waals surface area (Å²) in [5.74, 6) is -1.64. The lowest BCUT2D eigenvalue weighted by Gasteiger charge is -2.25. The van der Waals surface area contributed by atoms with E-state index < -0.39 is 18.0 Å². The van der Waals surface area contributed by atoms with Gasteiger partial charge < -0.3 is 9.84 Å². The summed E-state index contributed by atoms with van der Waals surface area (Å²) in [6.07, 6.45) is -1.87. The number of ether oxygens (including phenoxy) is 1. The molecule has 0 saturated heterocycles. The number of aromatic amines is 1. The number of hydrazine groups is 1. The normalized spacial score (nSPS) is 12.1. The van der Waals surface area contributed by atoms with Crippen LogP contribution in [0.2, 0.25) is 10.0 Å². The molecular formula is C21H22Cl2N6O4. The maximum absolute atomic E-state index is 12.4. The van der Waals surface area contributed by atoms with E-state index in [-0.39, 0.29) is 25.0 Å². The molecule has 3 aromatic rings. The number of aromatic nitrogens is 4. The van der Waals surface area contributed by atoms with Crippen molar-refractivity contribution in [2.24, 2.45) is 0 Å². The molecule has 1 aromatic heterocycles. The highest BCUT2D eigenvalue weighted by Gasteiger charge is 2.24. The van der Waals surface area contributed by atoms with Gasteiger partial charge in [-0.25, -0.2) is 9.80 Å². The van der Waals surface area contributed by atoms with Crippen molar-refractivity contribution in [2.75, 3.05) is 6.54 Å². The zero-order chi connectivity index (χ0) is 24.0. The number of carbonyl (C=O) groups excluding carboxylic acids is 2. The van der Waals surface area contributed by atoms with E-state index in [0.717, 1.165) is 16.7 Å². The molecule has 1 amide bonds. The van der Waals surface area contributed by atoms with E-state index in [1.165, 1.54) is 5.01 Å². The molecule has 1 atom stereocenters. The van der Waals surface area contributed by atoms with Gasteiger partial charge in [-0.05, 0) is 48.4 Å². The predicted molar refractivity (Wildman–Crippen MR) is 121 cm³/mol. The number of nitrogens with one attached hydrogen (secondary N) is 2. The van der Waals surface area contributed by atoms with Gasteiger partial charge in [0.1, 0.15) is 0 Å². The van der Waals surface area contributed by atoms with Crippen LogP contribution in [0, 0.1) is 0 Å². The number of benzene rings is 2. The Balaban J connectivity index is 1.76. The molecule has 0 fully saturated rings. The van der Waals surface area contributed by atoms with Gasteiger partial charge >= 0.3 is 11.9 Å². The van der Waals surface area contributed by atoms with Crippen LogP contribution in [0.4, 0.5) is 0 Å². The van der Waals surface area contributed by atoms with Gasteiger partial charge in [0.25, 0.3) is 5.82 Å². The number of hydrogen-bond acceptors (Lipinski definition) is 8. The number of carbonyl (C=O) groups is 2. The van der Waals surface area contributed by atoms with Gasteiger partial charge in [-0.2, -0.15) is 5.21 Å². The van der Waals surface area contributed by atoms with Gasteiger partial charge in [-0.3, -0.25) is 10.2 Å². The van der Waals surface area contributed by atoms with Crippen LogP contribution in [0.15, 0.2) is 42.5 Å². The quantitative estimate of drug-likeness (QED) is 0.306. The molecule has 33 heavy (non-hydrogen) atoms. The van der Waals surface area contributed by atoms with Crippen LogP contribution in [0.1, 0.15) is 30.0 Å². The molecule has 0 unspecified atom stereocenters. The number of tetrazole rings is 1. The molecule has 1 heterocycles.